The Morgan fingerprint density at radius 2 is 1.60 bits per heavy atom. The van der Waals surface area contributed by atoms with Crippen molar-refractivity contribution in [3.8, 4) is 0 Å². The molecule has 25 heavy (non-hydrogen) atoms. The highest BCUT2D eigenvalue weighted by Crippen LogP contribution is 2.30. The van der Waals surface area contributed by atoms with Gasteiger partial charge in [-0.3, -0.25) is 0 Å². The molecule has 0 amide bonds. The predicted molar refractivity (Wildman–Crippen MR) is 108 cm³/mol. The van der Waals surface area contributed by atoms with E-state index in [0.717, 1.165) is 41.8 Å². The minimum Gasteiger partial charge on any atom is -0.357 e. The Morgan fingerprint density at radius 3 is 2.16 bits per heavy atom. The van der Waals surface area contributed by atoms with Gasteiger partial charge in [0.1, 0.15) is 17.5 Å². The maximum atomic E-state index is 4.73. The van der Waals surface area contributed by atoms with E-state index in [2.05, 4.69) is 68.9 Å². The molecular formula is C21H32N4. The molecule has 0 aliphatic carbocycles. The SMILES string of the molecule is CCCCN(CC)c1nc(C)nc(Nc2c(C)cc(C)cc2C)c1C. The fourth-order valence-electron chi connectivity index (χ4n) is 3.30. The van der Waals surface area contributed by atoms with E-state index in [1.54, 1.807) is 0 Å². The number of hydrogen-bond acceptors (Lipinski definition) is 4. The molecule has 0 saturated heterocycles. The predicted octanol–water partition coefficient (Wildman–Crippen LogP) is 5.39. The second-order valence-electron chi connectivity index (χ2n) is 6.90. The molecule has 4 heteroatoms. The summed E-state index contributed by atoms with van der Waals surface area (Å²) < 4.78 is 0. The highest BCUT2D eigenvalue weighted by molar-refractivity contribution is 5.70. The van der Waals surface area contributed by atoms with Crippen LogP contribution in [-0.2, 0) is 0 Å². The summed E-state index contributed by atoms with van der Waals surface area (Å²) in [6.45, 7) is 16.9. The molecule has 0 radical (unpaired) electrons. The molecule has 0 spiro atoms. The number of rotatable bonds is 7. The zero-order valence-corrected chi connectivity index (χ0v) is 16.8. The number of nitrogens with one attached hydrogen (secondary N) is 1. The minimum absolute atomic E-state index is 0.806. The first-order valence-electron chi connectivity index (χ1n) is 9.32. The second kappa shape index (κ2) is 8.32. The second-order valence-corrected chi connectivity index (χ2v) is 6.90. The van der Waals surface area contributed by atoms with Crippen LogP contribution in [0.2, 0.25) is 0 Å². The van der Waals surface area contributed by atoms with Crippen molar-refractivity contribution in [1.82, 2.24) is 9.97 Å². The van der Waals surface area contributed by atoms with Gasteiger partial charge in [0.25, 0.3) is 0 Å². The minimum atomic E-state index is 0.806. The Bertz CT molecular complexity index is 714. The third-order valence-corrected chi connectivity index (χ3v) is 4.62. The van der Waals surface area contributed by atoms with Gasteiger partial charge in [-0.25, -0.2) is 9.97 Å². The third kappa shape index (κ3) is 4.50. The molecule has 1 aromatic heterocycles. The molecular weight excluding hydrogens is 308 g/mol. The van der Waals surface area contributed by atoms with Crippen LogP contribution in [0.15, 0.2) is 12.1 Å². The molecule has 136 valence electrons. The van der Waals surface area contributed by atoms with Gasteiger partial charge in [0.05, 0.1) is 0 Å². The molecule has 1 aromatic carbocycles. The Hall–Kier alpha value is -2.10. The molecule has 0 bridgehead atoms. The molecule has 0 unspecified atom stereocenters. The van der Waals surface area contributed by atoms with Gasteiger partial charge in [0.15, 0.2) is 0 Å². The topological polar surface area (TPSA) is 41.1 Å². The van der Waals surface area contributed by atoms with E-state index in [1.165, 1.54) is 29.5 Å². The van der Waals surface area contributed by atoms with Crippen LogP contribution < -0.4 is 10.2 Å². The molecule has 0 atom stereocenters. The van der Waals surface area contributed by atoms with E-state index >= 15 is 0 Å². The summed E-state index contributed by atoms with van der Waals surface area (Å²) in [6, 6.07) is 4.42. The van der Waals surface area contributed by atoms with Gasteiger partial charge in [0.2, 0.25) is 0 Å². The molecule has 2 rings (SSSR count). The van der Waals surface area contributed by atoms with Crippen LogP contribution >= 0.6 is 0 Å². The fraction of sp³-hybridized carbons (Fsp3) is 0.524. The van der Waals surface area contributed by atoms with Crippen LogP contribution in [0, 0.1) is 34.6 Å². The van der Waals surface area contributed by atoms with Crippen LogP contribution in [0.3, 0.4) is 0 Å². The van der Waals surface area contributed by atoms with Crippen LogP contribution in [-0.4, -0.2) is 23.1 Å². The molecule has 4 nitrogen and oxygen atoms in total. The molecule has 0 fully saturated rings. The fourth-order valence-corrected chi connectivity index (χ4v) is 3.30. The van der Waals surface area contributed by atoms with Gasteiger partial charge in [0, 0.05) is 24.3 Å². The van der Waals surface area contributed by atoms with E-state index in [0.29, 0.717) is 0 Å². The van der Waals surface area contributed by atoms with Gasteiger partial charge in [-0.15, -0.1) is 0 Å². The maximum absolute atomic E-state index is 4.73. The van der Waals surface area contributed by atoms with Crippen molar-refractivity contribution >= 4 is 17.3 Å². The van der Waals surface area contributed by atoms with E-state index in [-0.39, 0.29) is 0 Å². The Labute approximate surface area is 152 Å². The van der Waals surface area contributed by atoms with Crippen molar-refractivity contribution in [2.75, 3.05) is 23.3 Å². The van der Waals surface area contributed by atoms with E-state index in [4.69, 9.17) is 4.98 Å². The average molecular weight is 341 g/mol. The number of unbranched alkanes of at least 4 members (excludes halogenated alkanes) is 1. The van der Waals surface area contributed by atoms with Crippen molar-refractivity contribution in [1.29, 1.82) is 0 Å². The average Bonchev–Trinajstić information content (AvgIpc) is 2.55. The maximum Gasteiger partial charge on any atom is 0.139 e. The lowest BCUT2D eigenvalue weighted by atomic mass is 10.0. The van der Waals surface area contributed by atoms with E-state index in [9.17, 15) is 0 Å². The monoisotopic (exact) mass is 340 g/mol. The molecule has 0 saturated carbocycles. The zero-order chi connectivity index (χ0) is 18.6. The lowest BCUT2D eigenvalue weighted by molar-refractivity contribution is 0.719. The Morgan fingerprint density at radius 1 is 0.960 bits per heavy atom. The summed E-state index contributed by atoms with van der Waals surface area (Å²) in [5.41, 5.74) is 6.03. The summed E-state index contributed by atoms with van der Waals surface area (Å²) in [4.78, 5) is 11.8. The number of aryl methyl sites for hydroxylation is 4. The molecule has 0 aliphatic rings. The van der Waals surface area contributed by atoms with Gasteiger partial charge in [-0.2, -0.15) is 0 Å². The first-order chi connectivity index (χ1) is 11.9. The number of hydrogen-bond donors (Lipinski definition) is 1. The van der Waals surface area contributed by atoms with Crippen molar-refractivity contribution in [3.63, 3.8) is 0 Å². The highest BCUT2D eigenvalue weighted by atomic mass is 15.2. The van der Waals surface area contributed by atoms with Crippen LogP contribution in [0.25, 0.3) is 0 Å². The van der Waals surface area contributed by atoms with Gasteiger partial charge in [-0.1, -0.05) is 31.0 Å². The van der Waals surface area contributed by atoms with Crippen molar-refractivity contribution in [2.45, 2.75) is 61.3 Å². The lowest BCUT2D eigenvalue weighted by Crippen LogP contribution is -2.26. The van der Waals surface area contributed by atoms with Gasteiger partial charge >= 0.3 is 0 Å². The Kier molecular flexibility index (Phi) is 6.40. The first-order valence-corrected chi connectivity index (χ1v) is 9.32. The number of aromatic nitrogens is 2. The van der Waals surface area contributed by atoms with Gasteiger partial charge in [-0.05, 0) is 59.1 Å². The van der Waals surface area contributed by atoms with E-state index < -0.39 is 0 Å². The van der Waals surface area contributed by atoms with Crippen LogP contribution in [0.5, 0.6) is 0 Å². The summed E-state index contributed by atoms with van der Waals surface area (Å²) in [5, 5.41) is 3.57. The first kappa shape index (κ1) is 19.2. The standard InChI is InChI=1S/C21H32N4/c1-8-10-11-25(9-2)21-17(6)20(22-18(7)23-21)24-19-15(4)12-14(3)13-16(19)5/h12-13H,8-11H2,1-7H3,(H,22,23,24). The van der Waals surface area contributed by atoms with Gasteiger partial charge < -0.3 is 10.2 Å². The summed E-state index contributed by atoms with van der Waals surface area (Å²) in [6.07, 6.45) is 2.36. The molecule has 0 aliphatic heterocycles. The summed E-state index contributed by atoms with van der Waals surface area (Å²) in [7, 11) is 0. The largest absolute Gasteiger partial charge is 0.357 e. The lowest BCUT2D eigenvalue weighted by Gasteiger charge is -2.25. The quantitative estimate of drug-likeness (QED) is 0.734. The third-order valence-electron chi connectivity index (χ3n) is 4.62. The molecule has 1 heterocycles. The number of nitrogens with zero attached hydrogens (tertiary/aromatic N) is 3. The Balaban J connectivity index is 2.43. The highest BCUT2D eigenvalue weighted by Gasteiger charge is 2.16. The summed E-state index contributed by atoms with van der Waals surface area (Å²) in [5.74, 6) is 2.77. The molecule has 1 N–H and O–H groups in total. The normalized spacial score (nSPS) is 10.8. The van der Waals surface area contributed by atoms with Crippen molar-refractivity contribution < 1.29 is 0 Å². The van der Waals surface area contributed by atoms with Crippen LogP contribution in [0.4, 0.5) is 17.3 Å². The number of anilines is 3. The van der Waals surface area contributed by atoms with E-state index in [1.807, 2.05) is 6.92 Å². The zero-order valence-electron chi connectivity index (χ0n) is 16.8. The van der Waals surface area contributed by atoms with Crippen molar-refractivity contribution in [2.24, 2.45) is 0 Å². The molecule has 2 aromatic rings. The summed E-state index contributed by atoms with van der Waals surface area (Å²) >= 11 is 0. The van der Waals surface area contributed by atoms with Crippen LogP contribution in [0.1, 0.15) is 54.8 Å². The van der Waals surface area contributed by atoms with Crippen molar-refractivity contribution in [3.05, 3.63) is 40.2 Å². The smallest absolute Gasteiger partial charge is 0.139 e. The number of benzene rings is 1.